The molecule has 2 aromatic carbocycles. The Bertz CT molecular complexity index is 637. The third-order valence-electron chi connectivity index (χ3n) is 3.22. The number of carboxylic acids is 1. The van der Waals surface area contributed by atoms with Gasteiger partial charge in [0, 0.05) is 5.56 Å². The van der Waals surface area contributed by atoms with Crippen molar-refractivity contribution >= 4 is 11.9 Å². The van der Waals surface area contributed by atoms with Crippen LogP contribution in [0.3, 0.4) is 0 Å². The third kappa shape index (κ3) is 4.09. The summed E-state index contributed by atoms with van der Waals surface area (Å²) in [5, 5.41) is 13.7. The lowest BCUT2D eigenvalue weighted by molar-refractivity contribution is -0.308. The Balaban J connectivity index is 2.06. The zero-order valence-electron chi connectivity index (χ0n) is 12.1. The van der Waals surface area contributed by atoms with Gasteiger partial charge in [-0.2, -0.15) is 0 Å². The van der Waals surface area contributed by atoms with E-state index in [4.69, 9.17) is 4.74 Å². The van der Waals surface area contributed by atoms with Crippen molar-refractivity contribution in [2.45, 2.75) is 12.5 Å². The van der Waals surface area contributed by atoms with Crippen molar-refractivity contribution in [3.63, 3.8) is 0 Å². The highest BCUT2D eigenvalue weighted by atomic mass is 16.5. The fourth-order valence-corrected chi connectivity index (χ4v) is 2.03. The summed E-state index contributed by atoms with van der Waals surface area (Å²) in [4.78, 5) is 23.3. The molecule has 1 amide bonds. The number of carboxylic acid groups (broad SMARTS) is 1. The van der Waals surface area contributed by atoms with E-state index in [1.807, 2.05) is 18.2 Å². The monoisotopic (exact) mass is 298 g/mol. The maximum atomic E-state index is 12.1. The van der Waals surface area contributed by atoms with Gasteiger partial charge in [-0.3, -0.25) is 4.79 Å². The van der Waals surface area contributed by atoms with E-state index in [2.05, 4.69) is 5.32 Å². The molecule has 5 heteroatoms. The Kier molecular flexibility index (Phi) is 5.14. The predicted molar refractivity (Wildman–Crippen MR) is 79.4 cm³/mol. The van der Waals surface area contributed by atoms with Crippen LogP contribution in [-0.4, -0.2) is 25.0 Å². The van der Waals surface area contributed by atoms with Gasteiger partial charge in [0.05, 0.1) is 19.1 Å². The first-order chi connectivity index (χ1) is 10.6. The highest BCUT2D eigenvalue weighted by Crippen LogP contribution is 2.11. The van der Waals surface area contributed by atoms with E-state index in [9.17, 15) is 14.7 Å². The molecule has 0 saturated heterocycles. The van der Waals surface area contributed by atoms with E-state index in [0.29, 0.717) is 11.3 Å². The molecule has 114 valence electrons. The van der Waals surface area contributed by atoms with Crippen LogP contribution in [0.15, 0.2) is 54.6 Å². The molecule has 0 aromatic heterocycles. The zero-order valence-corrected chi connectivity index (χ0v) is 12.1. The number of aliphatic carboxylic acids is 1. The van der Waals surface area contributed by atoms with Crippen LogP contribution < -0.4 is 15.2 Å². The molecule has 0 bridgehead atoms. The molecular weight excluding hydrogens is 282 g/mol. The number of carbonyl (C=O) groups excluding carboxylic acids is 2. The van der Waals surface area contributed by atoms with Crippen LogP contribution in [0.25, 0.3) is 0 Å². The molecule has 0 heterocycles. The number of methoxy groups -OCH3 is 1. The number of hydrogen-bond acceptors (Lipinski definition) is 4. The molecule has 0 saturated carbocycles. The van der Waals surface area contributed by atoms with Gasteiger partial charge in [0.2, 0.25) is 0 Å². The number of hydrogen-bond donors (Lipinski definition) is 1. The summed E-state index contributed by atoms with van der Waals surface area (Å²) in [5.74, 6) is -1.16. The summed E-state index contributed by atoms with van der Waals surface area (Å²) in [6, 6.07) is 14.4. The van der Waals surface area contributed by atoms with E-state index in [0.717, 1.165) is 5.56 Å². The Morgan fingerprint density at radius 2 is 1.73 bits per heavy atom. The molecular formula is C17H16NO4-. The number of rotatable bonds is 6. The molecule has 0 aliphatic carbocycles. The molecule has 0 aliphatic heterocycles. The highest BCUT2D eigenvalue weighted by molar-refractivity contribution is 5.96. The SMILES string of the molecule is COc1ccc(C(=O)N[C@H](Cc2ccccc2)C(=O)[O-])cc1. The van der Waals surface area contributed by atoms with Crippen molar-refractivity contribution in [2.75, 3.05) is 7.11 Å². The molecule has 5 nitrogen and oxygen atoms in total. The lowest BCUT2D eigenvalue weighted by atomic mass is 10.1. The minimum Gasteiger partial charge on any atom is -0.548 e. The molecule has 0 spiro atoms. The van der Waals surface area contributed by atoms with E-state index in [1.165, 1.54) is 7.11 Å². The Labute approximate surface area is 128 Å². The average Bonchev–Trinajstić information content (AvgIpc) is 2.55. The number of ether oxygens (including phenoxy) is 1. The van der Waals surface area contributed by atoms with Gasteiger partial charge < -0.3 is 20.0 Å². The molecule has 0 radical (unpaired) electrons. The summed E-state index contributed by atoms with van der Waals surface area (Å²) < 4.78 is 5.01. The van der Waals surface area contributed by atoms with Crippen LogP contribution >= 0.6 is 0 Å². The van der Waals surface area contributed by atoms with Crippen LogP contribution in [0, 0.1) is 0 Å². The maximum absolute atomic E-state index is 12.1. The minimum absolute atomic E-state index is 0.172. The van der Waals surface area contributed by atoms with Crippen molar-refractivity contribution in [3.8, 4) is 5.75 Å². The average molecular weight is 298 g/mol. The molecule has 1 atom stereocenters. The number of amides is 1. The molecule has 0 fully saturated rings. The topological polar surface area (TPSA) is 78.5 Å². The molecule has 1 N–H and O–H groups in total. The fourth-order valence-electron chi connectivity index (χ4n) is 2.03. The first-order valence-electron chi connectivity index (χ1n) is 6.80. The van der Waals surface area contributed by atoms with Crippen molar-refractivity contribution in [2.24, 2.45) is 0 Å². The molecule has 2 rings (SSSR count). The lowest BCUT2D eigenvalue weighted by Crippen LogP contribution is -2.49. The van der Waals surface area contributed by atoms with Crippen molar-refractivity contribution in [1.82, 2.24) is 5.32 Å². The number of nitrogens with one attached hydrogen (secondary N) is 1. The summed E-state index contributed by atoms with van der Waals surface area (Å²) in [6.07, 6.45) is 0.172. The van der Waals surface area contributed by atoms with Crippen LogP contribution in [0.5, 0.6) is 5.75 Å². The van der Waals surface area contributed by atoms with E-state index in [-0.39, 0.29) is 6.42 Å². The minimum atomic E-state index is -1.31. The van der Waals surface area contributed by atoms with Crippen LogP contribution in [0.1, 0.15) is 15.9 Å². The van der Waals surface area contributed by atoms with Crippen LogP contribution in [-0.2, 0) is 11.2 Å². The molecule has 22 heavy (non-hydrogen) atoms. The highest BCUT2D eigenvalue weighted by Gasteiger charge is 2.15. The first kappa shape index (κ1) is 15.6. The molecule has 2 aromatic rings. The Morgan fingerprint density at radius 1 is 1.09 bits per heavy atom. The van der Waals surface area contributed by atoms with Gasteiger partial charge in [0.1, 0.15) is 5.75 Å². The van der Waals surface area contributed by atoms with Crippen molar-refractivity contribution < 1.29 is 19.4 Å². The van der Waals surface area contributed by atoms with Crippen LogP contribution in [0.2, 0.25) is 0 Å². The third-order valence-corrected chi connectivity index (χ3v) is 3.22. The van der Waals surface area contributed by atoms with Crippen molar-refractivity contribution in [1.29, 1.82) is 0 Å². The Morgan fingerprint density at radius 3 is 2.27 bits per heavy atom. The van der Waals surface area contributed by atoms with Gasteiger partial charge >= 0.3 is 0 Å². The molecule has 0 aliphatic rings. The van der Waals surface area contributed by atoms with Gasteiger partial charge in [-0.05, 0) is 36.2 Å². The van der Waals surface area contributed by atoms with Crippen molar-refractivity contribution in [3.05, 3.63) is 65.7 Å². The van der Waals surface area contributed by atoms with E-state index < -0.39 is 17.9 Å². The quantitative estimate of drug-likeness (QED) is 0.855. The van der Waals surface area contributed by atoms with Gasteiger partial charge in [-0.25, -0.2) is 0 Å². The lowest BCUT2D eigenvalue weighted by Gasteiger charge is -2.20. The smallest absolute Gasteiger partial charge is 0.251 e. The van der Waals surface area contributed by atoms with Gasteiger partial charge in [-0.15, -0.1) is 0 Å². The standard InChI is InChI=1S/C17H17NO4/c1-22-14-9-7-13(8-10-14)16(19)18-15(17(20)21)11-12-5-3-2-4-6-12/h2-10,15H,11H2,1H3,(H,18,19)(H,20,21)/p-1/t15-/m1/s1. The van der Waals surface area contributed by atoms with Crippen LogP contribution in [0.4, 0.5) is 0 Å². The second-order valence-corrected chi connectivity index (χ2v) is 4.76. The van der Waals surface area contributed by atoms with Gasteiger partial charge in [0.25, 0.3) is 5.91 Å². The largest absolute Gasteiger partial charge is 0.548 e. The fraction of sp³-hybridized carbons (Fsp3) is 0.176. The van der Waals surface area contributed by atoms with E-state index in [1.54, 1.807) is 36.4 Å². The first-order valence-corrected chi connectivity index (χ1v) is 6.80. The summed E-state index contributed by atoms with van der Waals surface area (Å²) >= 11 is 0. The summed E-state index contributed by atoms with van der Waals surface area (Å²) in [5.41, 5.74) is 1.17. The second kappa shape index (κ2) is 7.26. The summed E-state index contributed by atoms with van der Waals surface area (Å²) in [6.45, 7) is 0. The summed E-state index contributed by atoms with van der Waals surface area (Å²) in [7, 11) is 1.53. The van der Waals surface area contributed by atoms with E-state index >= 15 is 0 Å². The van der Waals surface area contributed by atoms with Gasteiger partial charge in [0.15, 0.2) is 0 Å². The maximum Gasteiger partial charge on any atom is 0.251 e. The normalized spacial score (nSPS) is 11.5. The second-order valence-electron chi connectivity index (χ2n) is 4.76. The predicted octanol–water partition coefficient (Wildman–Crippen LogP) is 0.786. The van der Waals surface area contributed by atoms with Gasteiger partial charge in [-0.1, -0.05) is 30.3 Å². The number of carbonyl (C=O) groups is 2. The zero-order chi connectivity index (χ0) is 15.9. The number of benzene rings is 2. The molecule has 0 unspecified atom stereocenters. The Hall–Kier alpha value is -2.82.